The summed E-state index contributed by atoms with van der Waals surface area (Å²) in [7, 11) is 0. The lowest BCUT2D eigenvalue weighted by molar-refractivity contribution is -0.141. The summed E-state index contributed by atoms with van der Waals surface area (Å²) in [6.07, 6.45) is 3.27. The molecule has 1 amide bonds. The monoisotopic (exact) mass is 248 g/mol. The second kappa shape index (κ2) is 5.16. The summed E-state index contributed by atoms with van der Waals surface area (Å²) in [5.41, 5.74) is 1.02. The van der Waals surface area contributed by atoms with Crippen LogP contribution in [0.3, 0.4) is 0 Å². The van der Waals surface area contributed by atoms with Crippen LogP contribution in [-0.2, 0) is 9.59 Å². The molecule has 2 rings (SSSR count). The van der Waals surface area contributed by atoms with Crippen LogP contribution in [0.2, 0.25) is 0 Å². The molecule has 0 bridgehead atoms. The summed E-state index contributed by atoms with van der Waals surface area (Å²) in [6.45, 7) is 1.92. The zero-order valence-corrected chi connectivity index (χ0v) is 10.2. The van der Waals surface area contributed by atoms with Crippen molar-refractivity contribution < 1.29 is 14.7 Å². The Hall–Kier alpha value is -1.91. The molecule has 1 aromatic heterocycles. The first-order valence-corrected chi connectivity index (χ1v) is 6.02. The van der Waals surface area contributed by atoms with Crippen LogP contribution in [0.25, 0.3) is 0 Å². The molecule has 0 saturated heterocycles. The number of aromatic nitrogens is 1. The number of pyridine rings is 1. The molecule has 1 aromatic rings. The number of anilines is 1. The van der Waals surface area contributed by atoms with Gasteiger partial charge in [-0.15, -0.1) is 0 Å². The molecule has 96 valence electrons. The molecular formula is C13H16N2O3. The average molecular weight is 248 g/mol. The molecule has 1 fully saturated rings. The molecule has 0 aliphatic heterocycles. The van der Waals surface area contributed by atoms with E-state index in [1.165, 1.54) is 0 Å². The number of aliphatic carboxylic acids is 1. The Morgan fingerprint density at radius 2 is 2.11 bits per heavy atom. The third kappa shape index (κ3) is 2.85. The van der Waals surface area contributed by atoms with Gasteiger partial charge in [-0.1, -0.05) is 0 Å². The van der Waals surface area contributed by atoms with Gasteiger partial charge in [0.05, 0.1) is 5.92 Å². The van der Waals surface area contributed by atoms with E-state index in [2.05, 4.69) is 10.3 Å². The number of carbonyl (C=O) groups is 2. The highest BCUT2D eigenvalue weighted by atomic mass is 16.4. The van der Waals surface area contributed by atoms with E-state index < -0.39 is 5.97 Å². The van der Waals surface area contributed by atoms with Gasteiger partial charge in [0, 0.05) is 12.1 Å². The lowest BCUT2D eigenvalue weighted by Gasteiger charge is -2.10. The minimum atomic E-state index is -0.806. The maximum absolute atomic E-state index is 12.0. The molecule has 1 heterocycles. The number of amides is 1. The van der Waals surface area contributed by atoms with Gasteiger partial charge in [0.15, 0.2) is 0 Å². The lowest BCUT2D eigenvalue weighted by atomic mass is 10.0. The van der Waals surface area contributed by atoms with E-state index in [0.29, 0.717) is 25.1 Å². The Bertz CT molecular complexity index is 473. The van der Waals surface area contributed by atoms with Crippen LogP contribution in [0.5, 0.6) is 0 Å². The molecule has 0 radical (unpaired) electrons. The molecule has 0 unspecified atom stereocenters. The smallest absolute Gasteiger partial charge is 0.306 e. The zero-order valence-electron chi connectivity index (χ0n) is 10.2. The highest BCUT2D eigenvalue weighted by molar-refractivity contribution is 5.92. The SMILES string of the molecule is Cc1ccnc(NC(=O)[C@@H]2CC[C@H](C(=O)O)C2)c1. The summed E-state index contributed by atoms with van der Waals surface area (Å²) in [5, 5.41) is 11.6. The molecule has 2 N–H and O–H groups in total. The third-order valence-electron chi connectivity index (χ3n) is 3.32. The van der Waals surface area contributed by atoms with Crippen molar-refractivity contribution in [3.8, 4) is 0 Å². The van der Waals surface area contributed by atoms with Crippen molar-refractivity contribution >= 4 is 17.7 Å². The minimum Gasteiger partial charge on any atom is -0.481 e. The largest absolute Gasteiger partial charge is 0.481 e. The van der Waals surface area contributed by atoms with Gasteiger partial charge in [-0.05, 0) is 43.9 Å². The summed E-state index contributed by atoms with van der Waals surface area (Å²) in [5.74, 6) is -1.01. The van der Waals surface area contributed by atoms with Gasteiger partial charge >= 0.3 is 5.97 Å². The van der Waals surface area contributed by atoms with Crippen molar-refractivity contribution in [1.29, 1.82) is 0 Å². The highest BCUT2D eigenvalue weighted by Crippen LogP contribution is 2.31. The molecule has 5 heteroatoms. The molecule has 0 spiro atoms. The minimum absolute atomic E-state index is 0.128. The number of aryl methyl sites for hydroxylation is 1. The van der Waals surface area contributed by atoms with Gasteiger partial charge in [0.2, 0.25) is 5.91 Å². The van der Waals surface area contributed by atoms with Crippen molar-refractivity contribution in [3.63, 3.8) is 0 Å². The van der Waals surface area contributed by atoms with Gasteiger partial charge in [0.25, 0.3) is 0 Å². The first-order chi connectivity index (χ1) is 8.56. The van der Waals surface area contributed by atoms with Crippen LogP contribution < -0.4 is 5.32 Å². The Labute approximate surface area is 105 Å². The van der Waals surface area contributed by atoms with Crippen LogP contribution in [0, 0.1) is 18.8 Å². The van der Waals surface area contributed by atoms with E-state index in [0.717, 1.165) is 5.56 Å². The third-order valence-corrected chi connectivity index (χ3v) is 3.32. The van der Waals surface area contributed by atoms with Crippen molar-refractivity contribution in [1.82, 2.24) is 4.98 Å². The maximum atomic E-state index is 12.0. The van der Waals surface area contributed by atoms with E-state index in [9.17, 15) is 9.59 Å². The van der Waals surface area contributed by atoms with Gasteiger partial charge < -0.3 is 10.4 Å². The number of hydrogen-bond acceptors (Lipinski definition) is 3. The Kier molecular flexibility index (Phi) is 3.60. The van der Waals surface area contributed by atoms with Crippen LogP contribution in [0.1, 0.15) is 24.8 Å². The first-order valence-electron chi connectivity index (χ1n) is 6.02. The standard InChI is InChI=1S/C13H16N2O3/c1-8-4-5-14-11(6-8)15-12(16)9-2-3-10(7-9)13(17)18/h4-6,9-10H,2-3,7H2,1H3,(H,17,18)(H,14,15,16)/t9-,10+/m1/s1. The number of rotatable bonds is 3. The number of nitrogens with one attached hydrogen (secondary N) is 1. The molecule has 1 aliphatic rings. The molecule has 0 aromatic carbocycles. The van der Waals surface area contributed by atoms with Crippen LogP contribution in [0.4, 0.5) is 5.82 Å². The summed E-state index contributed by atoms with van der Waals surface area (Å²) in [4.78, 5) is 26.8. The number of hydrogen-bond donors (Lipinski definition) is 2. The number of nitrogens with zero attached hydrogens (tertiary/aromatic N) is 1. The number of carbonyl (C=O) groups excluding carboxylic acids is 1. The predicted octanol–water partition coefficient (Wildman–Crippen LogP) is 1.83. The zero-order chi connectivity index (χ0) is 13.1. The molecule has 2 atom stereocenters. The van der Waals surface area contributed by atoms with Gasteiger partial charge in [0.1, 0.15) is 5.82 Å². The fraction of sp³-hybridized carbons (Fsp3) is 0.462. The van der Waals surface area contributed by atoms with E-state index in [-0.39, 0.29) is 17.7 Å². The van der Waals surface area contributed by atoms with Crippen LogP contribution in [-0.4, -0.2) is 22.0 Å². The van der Waals surface area contributed by atoms with E-state index in [1.54, 1.807) is 12.3 Å². The van der Waals surface area contributed by atoms with Crippen molar-refractivity contribution in [2.24, 2.45) is 11.8 Å². The number of carboxylic acid groups (broad SMARTS) is 1. The van der Waals surface area contributed by atoms with E-state index in [4.69, 9.17) is 5.11 Å². The second-order valence-corrected chi connectivity index (χ2v) is 4.75. The lowest BCUT2D eigenvalue weighted by Crippen LogP contribution is -2.22. The van der Waals surface area contributed by atoms with E-state index >= 15 is 0 Å². The second-order valence-electron chi connectivity index (χ2n) is 4.75. The summed E-state index contributed by atoms with van der Waals surface area (Å²) in [6, 6.07) is 3.65. The Balaban J connectivity index is 1.95. The number of carboxylic acids is 1. The molecule has 1 aliphatic carbocycles. The first kappa shape index (κ1) is 12.5. The van der Waals surface area contributed by atoms with E-state index in [1.807, 2.05) is 13.0 Å². The average Bonchev–Trinajstić information content (AvgIpc) is 2.78. The maximum Gasteiger partial charge on any atom is 0.306 e. The molecular weight excluding hydrogens is 232 g/mol. The normalized spacial score (nSPS) is 22.7. The van der Waals surface area contributed by atoms with Gasteiger partial charge in [-0.3, -0.25) is 9.59 Å². The summed E-state index contributed by atoms with van der Waals surface area (Å²) < 4.78 is 0. The van der Waals surface area contributed by atoms with Crippen molar-refractivity contribution in [2.45, 2.75) is 26.2 Å². The Morgan fingerprint density at radius 1 is 1.39 bits per heavy atom. The van der Waals surface area contributed by atoms with Crippen LogP contribution in [0.15, 0.2) is 18.3 Å². The fourth-order valence-corrected chi connectivity index (χ4v) is 2.28. The van der Waals surface area contributed by atoms with Crippen molar-refractivity contribution in [3.05, 3.63) is 23.9 Å². The molecule has 18 heavy (non-hydrogen) atoms. The fourth-order valence-electron chi connectivity index (χ4n) is 2.28. The Morgan fingerprint density at radius 3 is 2.72 bits per heavy atom. The predicted molar refractivity (Wildman–Crippen MR) is 66.1 cm³/mol. The van der Waals surface area contributed by atoms with Gasteiger partial charge in [-0.2, -0.15) is 0 Å². The van der Waals surface area contributed by atoms with Crippen LogP contribution >= 0.6 is 0 Å². The van der Waals surface area contributed by atoms with Gasteiger partial charge in [-0.25, -0.2) is 4.98 Å². The van der Waals surface area contributed by atoms with Crippen molar-refractivity contribution in [2.75, 3.05) is 5.32 Å². The summed E-state index contributed by atoms with van der Waals surface area (Å²) >= 11 is 0. The molecule has 1 saturated carbocycles. The molecule has 5 nitrogen and oxygen atoms in total. The topological polar surface area (TPSA) is 79.3 Å². The quantitative estimate of drug-likeness (QED) is 0.855. The highest BCUT2D eigenvalue weighted by Gasteiger charge is 2.33.